The number of nitrogens with two attached hydrogens (primary N) is 1. The fourth-order valence-electron chi connectivity index (χ4n) is 1.76. The number of rotatable bonds is 5. The predicted octanol–water partition coefficient (Wildman–Crippen LogP) is -4.62. The van der Waals surface area contributed by atoms with Crippen LogP contribution in [0.5, 0.6) is 0 Å². The molecule has 1 aliphatic heterocycles. The molecule has 1 fully saturated rings. The summed E-state index contributed by atoms with van der Waals surface area (Å²) in [5.41, 5.74) is 0. The first kappa shape index (κ1) is 15.3. The van der Waals surface area contributed by atoms with E-state index in [0.29, 0.717) is 6.54 Å². The number of aliphatic hydroxyl groups is 1. The van der Waals surface area contributed by atoms with Crippen LogP contribution in [0.3, 0.4) is 0 Å². The van der Waals surface area contributed by atoms with Crippen LogP contribution in [0.4, 0.5) is 0 Å². The van der Waals surface area contributed by atoms with Crippen LogP contribution in [0.25, 0.3) is 0 Å². The van der Waals surface area contributed by atoms with Crippen molar-refractivity contribution in [3.63, 3.8) is 0 Å². The molecule has 16 heavy (non-hydrogen) atoms. The summed E-state index contributed by atoms with van der Waals surface area (Å²) in [6.45, 7) is 3.60. The van der Waals surface area contributed by atoms with Crippen molar-refractivity contribution in [3.8, 4) is 0 Å². The van der Waals surface area contributed by atoms with Crippen molar-refractivity contribution in [2.45, 2.75) is 32.3 Å². The van der Waals surface area contributed by atoms with Gasteiger partial charge in [-0.05, 0) is 6.42 Å². The highest BCUT2D eigenvalue weighted by molar-refractivity contribution is 5.97. The molecule has 0 bridgehead atoms. The van der Waals surface area contributed by atoms with Gasteiger partial charge in [-0.1, -0.05) is 6.92 Å². The molecule has 0 spiro atoms. The summed E-state index contributed by atoms with van der Waals surface area (Å²) in [4.78, 5) is 22.1. The van der Waals surface area contributed by atoms with Crippen molar-refractivity contribution in [1.82, 2.24) is 5.32 Å². The van der Waals surface area contributed by atoms with Gasteiger partial charge in [-0.2, -0.15) is 0 Å². The molecule has 1 rings (SSSR count). The van der Waals surface area contributed by atoms with E-state index in [1.165, 1.54) is 0 Å². The topological polar surface area (TPSA) is 83.0 Å². The van der Waals surface area contributed by atoms with Crippen molar-refractivity contribution < 1.29 is 32.4 Å². The Morgan fingerprint density at radius 3 is 2.50 bits per heavy atom. The summed E-state index contributed by atoms with van der Waals surface area (Å²) < 4.78 is 0. The second kappa shape index (κ2) is 7.60. The molecule has 1 aliphatic rings. The summed E-state index contributed by atoms with van der Waals surface area (Å²) in [7, 11) is 0. The predicted molar refractivity (Wildman–Crippen MR) is 53.8 cm³/mol. The zero-order valence-electron chi connectivity index (χ0n) is 9.41. The van der Waals surface area contributed by atoms with Gasteiger partial charge in [0.05, 0.1) is 6.54 Å². The number of amides is 2. The second-order valence-electron chi connectivity index (χ2n) is 4.02. The molecule has 4 N–H and O–H groups in total. The average molecular weight is 251 g/mol. The third-order valence-corrected chi connectivity index (χ3v) is 2.62. The Balaban J connectivity index is 0.00000225. The molecule has 1 saturated heterocycles. The van der Waals surface area contributed by atoms with Gasteiger partial charge in [0, 0.05) is 18.8 Å². The number of hydrogen-bond acceptors (Lipinski definition) is 3. The number of quaternary nitrogens is 1. The molecule has 94 valence electrons. The summed E-state index contributed by atoms with van der Waals surface area (Å²) in [5, 5.41) is 14.0. The molecule has 2 amide bonds. The standard InChI is InChI=1S/C10H18N2O3.ClH/c1-2-3-11-6-8(13)7-4-9(14)12-10(15)5-7;/h7-8,11,13H,2-6H2,1H3,(H,12,14,15);1H. The third kappa shape index (κ3) is 4.92. The van der Waals surface area contributed by atoms with Crippen LogP contribution in [0.2, 0.25) is 0 Å². The van der Waals surface area contributed by atoms with Crippen LogP contribution in [0.1, 0.15) is 26.2 Å². The second-order valence-corrected chi connectivity index (χ2v) is 4.02. The Hall–Kier alpha value is -0.650. The van der Waals surface area contributed by atoms with E-state index < -0.39 is 6.10 Å². The van der Waals surface area contributed by atoms with Gasteiger partial charge < -0.3 is 22.8 Å². The van der Waals surface area contributed by atoms with E-state index in [4.69, 9.17) is 0 Å². The highest BCUT2D eigenvalue weighted by Crippen LogP contribution is 2.16. The average Bonchev–Trinajstić information content (AvgIpc) is 2.16. The molecule has 1 unspecified atom stereocenters. The molecule has 0 aromatic carbocycles. The quantitative estimate of drug-likeness (QED) is 0.339. The molecular formula is C10H19ClN2O3. The largest absolute Gasteiger partial charge is 1.00 e. The minimum atomic E-state index is -0.563. The minimum absolute atomic E-state index is 0. The molecule has 0 aliphatic carbocycles. The van der Waals surface area contributed by atoms with Crippen molar-refractivity contribution >= 4 is 11.8 Å². The first-order valence-corrected chi connectivity index (χ1v) is 5.46. The Labute approximate surface area is 101 Å². The zero-order chi connectivity index (χ0) is 11.3. The van der Waals surface area contributed by atoms with Crippen LogP contribution >= 0.6 is 0 Å². The van der Waals surface area contributed by atoms with Crippen LogP contribution in [-0.2, 0) is 9.59 Å². The summed E-state index contributed by atoms with van der Waals surface area (Å²) >= 11 is 0. The lowest BCUT2D eigenvalue weighted by Crippen LogP contribution is -3.00. The molecule has 6 heteroatoms. The number of carbonyl (C=O) groups is 2. The lowest BCUT2D eigenvalue weighted by atomic mass is 9.91. The number of hydrogen-bond donors (Lipinski definition) is 3. The molecule has 0 aromatic rings. The number of carbonyl (C=O) groups excluding carboxylic acids is 2. The van der Waals surface area contributed by atoms with Crippen LogP contribution in [0.15, 0.2) is 0 Å². The molecule has 1 heterocycles. The lowest BCUT2D eigenvalue weighted by Gasteiger charge is -2.24. The van der Waals surface area contributed by atoms with Gasteiger partial charge >= 0.3 is 0 Å². The monoisotopic (exact) mass is 250 g/mol. The summed E-state index contributed by atoms with van der Waals surface area (Å²) in [5.74, 6) is -0.754. The lowest BCUT2D eigenvalue weighted by molar-refractivity contribution is -0.661. The van der Waals surface area contributed by atoms with E-state index in [1.807, 2.05) is 5.32 Å². The normalized spacial score (nSPS) is 18.9. The van der Waals surface area contributed by atoms with E-state index in [1.54, 1.807) is 0 Å². The smallest absolute Gasteiger partial charge is 0.226 e. The van der Waals surface area contributed by atoms with E-state index in [0.717, 1.165) is 13.0 Å². The Kier molecular flexibility index (Phi) is 7.29. The van der Waals surface area contributed by atoms with Crippen molar-refractivity contribution in [2.24, 2.45) is 5.92 Å². The molecular weight excluding hydrogens is 232 g/mol. The summed E-state index contributed by atoms with van der Waals surface area (Å²) in [6.07, 6.45) is 1.00. The fraction of sp³-hybridized carbons (Fsp3) is 0.800. The zero-order valence-corrected chi connectivity index (χ0v) is 10.2. The maximum Gasteiger partial charge on any atom is 0.226 e. The highest BCUT2D eigenvalue weighted by atomic mass is 35.5. The first-order valence-electron chi connectivity index (χ1n) is 5.46. The molecule has 0 radical (unpaired) electrons. The van der Waals surface area contributed by atoms with E-state index >= 15 is 0 Å². The number of aliphatic hydroxyl groups excluding tert-OH is 1. The number of piperidine rings is 1. The molecule has 1 atom stereocenters. The van der Waals surface area contributed by atoms with Crippen molar-refractivity contribution in [2.75, 3.05) is 13.1 Å². The minimum Gasteiger partial charge on any atom is -1.00 e. The Bertz CT molecular complexity index is 232. The Morgan fingerprint density at radius 1 is 1.44 bits per heavy atom. The van der Waals surface area contributed by atoms with Gasteiger partial charge in [0.15, 0.2) is 0 Å². The first-order chi connectivity index (χ1) is 7.13. The number of imide groups is 1. The maximum atomic E-state index is 11.1. The highest BCUT2D eigenvalue weighted by Gasteiger charge is 2.30. The van der Waals surface area contributed by atoms with E-state index in [9.17, 15) is 14.7 Å². The molecule has 0 saturated carbocycles. The van der Waals surface area contributed by atoms with Gasteiger partial charge in [0.2, 0.25) is 11.8 Å². The van der Waals surface area contributed by atoms with Gasteiger partial charge in [-0.25, -0.2) is 0 Å². The number of halogens is 1. The van der Waals surface area contributed by atoms with Crippen molar-refractivity contribution in [1.29, 1.82) is 0 Å². The SMILES string of the molecule is CCC[NH2+]CC(O)C1CC(=O)NC(=O)C1.[Cl-]. The van der Waals surface area contributed by atoms with Gasteiger partial charge in [0.1, 0.15) is 12.6 Å². The summed E-state index contributed by atoms with van der Waals surface area (Å²) in [6, 6.07) is 0. The third-order valence-electron chi connectivity index (χ3n) is 2.62. The maximum absolute atomic E-state index is 11.1. The molecule has 5 nitrogen and oxygen atoms in total. The van der Waals surface area contributed by atoms with Gasteiger partial charge in [-0.15, -0.1) is 0 Å². The van der Waals surface area contributed by atoms with Crippen molar-refractivity contribution in [3.05, 3.63) is 0 Å². The van der Waals surface area contributed by atoms with E-state index in [2.05, 4.69) is 12.2 Å². The molecule has 0 aromatic heterocycles. The van der Waals surface area contributed by atoms with Crippen LogP contribution < -0.4 is 23.0 Å². The fourth-order valence-corrected chi connectivity index (χ4v) is 1.76. The van der Waals surface area contributed by atoms with Crippen LogP contribution in [-0.4, -0.2) is 36.1 Å². The van der Waals surface area contributed by atoms with Gasteiger partial charge in [0.25, 0.3) is 0 Å². The van der Waals surface area contributed by atoms with Crippen LogP contribution in [0, 0.1) is 5.92 Å². The van der Waals surface area contributed by atoms with Gasteiger partial charge in [-0.3, -0.25) is 14.9 Å². The Morgan fingerprint density at radius 2 is 2.00 bits per heavy atom. The van der Waals surface area contributed by atoms with E-state index in [-0.39, 0.29) is 43.0 Å². The number of nitrogens with one attached hydrogen (secondary N) is 1.